The fraction of sp³-hybridized carbons (Fsp3) is 0.800. The highest BCUT2D eigenvalue weighted by Gasteiger charge is 1.92. The van der Waals surface area contributed by atoms with Crippen molar-refractivity contribution in [1.82, 2.24) is 0 Å². The molecule has 0 radical (unpaired) electrons. The number of hydrogen-bond donors (Lipinski definition) is 1. The number of rotatable bonds is 5. The summed E-state index contributed by atoms with van der Waals surface area (Å²) < 4.78 is 0. The van der Waals surface area contributed by atoms with Gasteiger partial charge in [0.25, 0.3) is 0 Å². The molecule has 0 aliphatic heterocycles. The Bertz CT molecular complexity index is 121. The van der Waals surface area contributed by atoms with Crippen molar-refractivity contribution < 1.29 is 5.11 Å². The van der Waals surface area contributed by atoms with Gasteiger partial charge in [0.1, 0.15) is 0 Å². The van der Waals surface area contributed by atoms with Crippen LogP contribution in [0.2, 0.25) is 0 Å². The van der Waals surface area contributed by atoms with E-state index in [2.05, 4.69) is 20.8 Å². The number of aliphatic hydroxyl groups excluding tert-OH is 1. The van der Waals surface area contributed by atoms with E-state index in [1.807, 2.05) is 0 Å². The summed E-state index contributed by atoms with van der Waals surface area (Å²) in [6, 6.07) is 0. The van der Waals surface area contributed by atoms with E-state index in [0.29, 0.717) is 6.61 Å². The van der Waals surface area contributed by atoms with Crippen molar-refractivity contribution in [2.45, 2.75) is 46.5 Å². The van der Waals surface area contributed by atoms with Crippen molar-refractivity contribution in [3.05, 3.63) is 11.1 Å². The molecule has 66 valence electrons. The molecule has 0 spiro atoms. The Hall–Kier alpha value is -0.300. The molecule has 0 rings (SSSR count). The van der Waals surface area contributed by atoms with E-state index in [0.717, 1.165) is 12.8 Å². The first-order valence-corrected chi connectivity index (χ1v) is 4.42. The lowest BCUT2D eigenvalue weighted by Crippen LogP contribution is -1.85. The fourth-order valence-electron chi connectivity index (χ4n) is 0.929. The van der Waals surface area contributed by atoms with Crippen molar-refractivity contribution >= 4 is 0 Å². The summed E-state index contributed by atoms with van der Waals surface area (Å²) in [5, 5.41) is 8.53. The third-order valence-corrected chi connectivity index (χ3v) is 2.06. The third-order valence-electron chi connectivity index (χ3n) is 2.06. The van der Waals surface area contributed by atoms with Crippen molar-refractivity contribution in [1.29, 1.82) is 0 Å². The van der Waals surface area contributed by atoms with Crippen LogP contribution in [0.4, 0.5) is 0 Å². The second-order valence-electron chi connectivity index (χ2n) is 3.31. The monoisotopic (exact) mass is 156 g/mol. The molecular weight excluding hydrogens is 136 g/mol. The van der Waals surface area contributed by atoms with E-state index < -0.39 is 0 Å². The van der Waals surface area contributed by atoms with E-state index in [1.165, 1.54) is 24.0 Å². The molecule has 0 atom stereocenters. The van der Waals surface area contributed by atoms with Crippen LogP contribution in [0.3, 0.4) is 0 Å². The van der Waals surface area contributed by atoms with Gasteiger partial charge >= 0.3 is 0 Å². The number of unbranched alkanes of at least 4 members (excludes halogenated alkanes) is 2. The third kappa shape index (κ3) is 6.11. The molecule has 0 saturated heterocycles. The van der Waals surface area contributed by atoms with Crippen LogP contribution in [0.1, 0.15) is 46.5 Å². The summed E-state index contributed by atoms with van der Waals surface area (Å²) in [5.74, 6) is 0. The zero-order chi connectivity index (χ0) is 8.69. The predicted octanol–water partition coefficient (Wildman–Crippen LogP) is 2.90. The van der Waals surface area contributed by atoms with Crippen LogP contribution in [-0.2, 0) is 0 Å². The van der Waals surface area contributed by atoms with Gasteiger partial charge in [-0.05, 0) is 40.0 Å². The van der Waals surface area contributed by atoms with E-state index in [-0.39, 0.29) is 0 Å². The van der Waals surface area contributed by atoms with Gasteiger partial charge in [0.15, 0.2) is 0 Å². The lowest BCUT2D eigenvalue weighted by molar-refractivity contribution is 0.283. The Morgan fingerprint density at radius 2 is 1.64 bits per heavy atom. The minimum atomic E-state index is 0.341. The van der Waals surface area contributed by atoms with E-state index >= 15 is 0 Å². The molecule has 0 amide bonds. The molecule has 1 nitrogen and oxygen atoms in total. The summed E-state index contributed by atoms with van der Waals surface area (Å²) in [6.45, 7) is 6.84. The lowest BCUT2D eigenvalue weighted by Gasteiger charge is -2.02. The van der Waals surface area contributed by atoms with E-state index in [9.17, 15) is 0 Å². The van der Waals surface area contributed by atoms with Crippen molar-refractivity contribution in [2.24, 2.45) is 0 Å². The summed E-state index contributed by atoms with van der Waals surface area (Å²) in [7, 11) is 0. The lowest BCUT2D eigenvalue weighted by atomic mass is 10.1. The van der Waals surface area contributed by atoms with Gasteiger partial charge in [0.2, 0.25) is 0 Å². The molecular formula is C10H20O. The zero-order valence-electron chi connectivity index (χ0n) is 7.98. The molecule has 0 aromatic heterocycles. The molecule has 0 unspecified atom stereocenters. The van der Waals surface area contributed by atoms with E-state index in [4.69, 9.17) is 5.11 Å². The molecule has 1 N–H and O–H groups in total. The Labute approximate surface area is 70.1 Å². The van der Waals surface area contributed by atoms with Gasteiger partial charge in [-0.25, -0.2) is 0 Å². The highest BCUT2D eigenvalue weighted by atomic mass is 16.2. The maximum absolute atomic E-state index is 8.53. The maximum Gasteiger partial charge on any atom is 0.0431 e. The highest BCUT2D eigenvalue weighted by molar-refractivity contribution is 5.06. The average molecular weight is 156 g/mol. The standard InChI is InChI=1S/C10H20O/c1-9(2)10(3)7-5-4-6-8-11/h11H,4-8H2,1-3H3. The quantitative estimate of drug-likeness (QED) is 0.479. The Balaban J connectivity index is 3.32. The first-order chi connectivity index (χ1) is 5.18. The molecule has 1 heteroatoms. The second kappa shape index (κ2) is 6.41. The maximum atomic E-state index is 8.53. The molecule has 0 heterocycles. The van der Waals surface area contributed by atoms with Crippen LogP contribution in [0.5, 0.6) is 0 Å². The first-order valence-electron chi connectivity index (χ1n) is 4.42. The molecule has 0 aliphatic rings. The van der Waals surface area contributed by atoms with Gasteiger partial charge in [-0.1, -0.05) is 17.6 Å². The van der Waals surface area contributed by atoms with Crippen molar-refractivity contribution in [3.63, 3.8) is 0 Å². The summed E-state index contributed by atoms with van der Waals surface area (Å²) in [6.07, 6.45) is 4.52. The Morgan fingerprint density at radius 3 is 2.09 bits per heavy atom. The van der Waals surface area contributed by atoms with Gasteiger partial charge in [0.05, 0.1) is 0 Å². The normalized spacial score (nSPS) is 9.82. The number of aliphatic hydroxyl groups is 1. The summed E-state index contributed by atoms with van der Waals surface area (Å²) in [4.78, 5) is 0. The van der Waals surface area contributed by atoms with Crippen molar-refractivity contribution in [3.8, 4) is 0 Å². The van der Waals surface area contributed by atoms with Gasteiger partial charge in [-0.15, -0.1) is 0 Å². The van der Waals surface area contributed by atoms with Crippen LogP contribution in [0, 0.1) is 0 Å². The van der Waals surface area contributed by atoms with E-state index in [1.54, 1.807) is 0 Å². The molecule has 0 aromatic rings. The van der Waals surface area contributed by atoms with Crippen LogP contribution in [-0.4, -0.2) is 11.7 Å². The molecule has 0 bridgehead atoms. The van der Waals surface area contributed by atoms with Crippen LogP contribution in [0.25, 0.3) is 0 Å². The highest BCUT2D eigenvalue weighted by Crippen LogP contribution is 2.11. The van der Waals surface area contributed by atoms with Crippen molar-refractivity contribution in [2.75, 3.05) is 6.61 Å². The molecule has 0 aliphatic carbocycles. The topological polar surface area (TPSA) is 20.2 Å². The van der Waals surface area contributed by atoms with Gasteiger partial charge < -0.3 is 5.11 Å². The minimum absolute atomic E-state index is 0.341. The largest absolute Gasteiger partial charge is 0.396 e. The summed E-state index contributed by atoms with van der Waals surface area (Å²) >= 11 is 0. The summed E-state index contributed by atoms with van der Waals surface area (Å²) in [5.41, 5.74) is 2.94. The SMILES string of the molecule is CC(C)=C(C)CCCCCO. The minimum Gasteiger partial charge on any atom is -0.396 e. The van der Waals surface area contributed by atoms with Gasteiger partial charge in [-0.3, -0.25) is 0 Å². The zero-order valence-corrected chi connectivity index (χ0v) is 7.98. The Kier molecular flexibility index (Phi) is 6.24. The molecule has 0 aromatic carbocycles. The van der Waals surface area contributed by atoms with Crippen LogP contribution < -0.4 is 0 Å². The first kappa shape index (κ1) is 10.7. The van der Waals surface area contributed by atoms with Crippen LogP contribution >= 0.6 is 0 Å². The Morgan fingerprint density at radius 1 is 1.00 bits per heavy atom. The molecule has 0 saturated carbocycles. The average Bonchev–Trinajstić information content (AvgIpc) is 1.97. The van der Waals surface area contributed by atoms with Gasteiger partial charge in [0, 0.05) is 6.61 Å². The molecule has 0 fully saturated rings. The fourth-order valence-corrected chi connectivity index (χ4v) is 0.929. The number of allylic oxidation sites excluding steroid dienone is 2. The van der Waals surface area contributed by atoms with Crippen LogP contribution in [0.15, 0.2) is 11.1 Å². The molecule has 11 heavy (non-hydrogen) atoms. The smallest absolute Gasteiger partial charge is 0.0431 e. The van der Waals surface area contributed by atoms with Gasteiger partial charge in [-0.2, -0.15) is 0 Å². The second-order valence-corrected chi connectivity index (χ2v) is 3.31. The number of hydrogen-bond acceptors (Lipinski definition) is 1. The predicted molar refractivity (Wildman–Crippen MR) is 49.6 cm³/mol.